The van der Waals surface area contributed by atoms with Gasteiger partial charge in [0.1, 0.15) is 5.41 Å². The third-order valence-electron chi connectivity index (χ3n) is 6.92. The number of benzene rings is 1. The molecule has 0 bridgehead atoms. The molecule has 10 heteroatoms. The summed E-state index contributed by atoms with van der Waals surface area (Å²) in [5, 5.41) is 21.7. The average Bonchev–Trinajstić information content (AvgIpc) is 3.44. The Balaban J connectivity index is 1.56. The van der Waals surface area contributed by atoms with Crippen LogP contribution in [0.3, 0.4) is 0 Å². The van der Waals surface area contributed by atoms with Crippen molar-refractivity contribution < 1.29 is 23.1 Å². The molecule has 1 N–H and O–H groups in total. The molecule has 2 fully saturated rings. The van der Waals surface area contributed by atoms with Gasteiger partial charge in [-0.05, 0) is 80.2 Å². The van der Waals surface area contributed by atoms with Crippen molar-refractivity contribution in [1.82, 2.24) is 9.88 Å². The van der Waals surface area contributed by atoms with Gasteiger partial charge < -0.3 is 10.0 Å². The maximum absolute atomic E-state index is 13.5. The van der Waals surface area contributed by atoms with Crippen LogP contribution in [0.5, 0.6) is 0 Å². The van der Waals surface area contributed by atoms with E-state index < -0.39 is 20.7 Å². The molecule has 0 unspecified atom stereocenters. The van der Waals surface area contributed by atoms with E-state index in [1.165, 1.54) is 23.5 Å². The van der Waals surface area contributed by atoms with Crippen LogP contribution >= 0.6 is 33.9 Å². The molecule has 1 aromatic heterocycles. The van der Waals surface area contributed by atoms with Crippen molar-refractivity contribution in [3.63, 3.8) is 0 Å². The zero-order valence-electron chi connectivity index (χ0n) is 17.9. The minimum Gasteiger partial charge on any atom is -0.368 e. The topological polar surface area (TPSA) is 77.2 Å². The zero-order valence-corrected chi connectivity index (χ0v) is 20.9. The molecule has 1 heterocycles. The lowest BCUT2D eigenvalue weighted by atomic mass is 9.66. The average molecular weight is 589 g/mol. The van der Waals surface area contributed by atoms with E-state index in [-0.39, 0.29) is 23.1 Å². The maximum atomic E-state index is 13.5. The molecule has 0 radical (unpaired) electrons. The minimum absolute atomic E-state index is 0.0905. The highest BCUT2D eigenvalue weighted by atomic mass is 127. The fourth-order valence-electron chi connectivity index (χ4n) is 4.65. The maximum Gasteiger partial charge on any atom is 0.430 e. The van der Waals surface area contributed by atoms with Crippen molar-refractivity contribution in [2.75, 3.05) is 0 Å². The zero-order chi connectivity index (χ0) is 24.1. The Kier molecular flexibility index (Phi) is 6.29. The molecular weight excluding hydrogens is 566 g/mol. The van der Waals surface area contributed by atoms with E-state index in [9.17, 15) is 28.3 Å². The van der Waals surface area contributed by atoms with Gasteiger partial charge in [-0.25, -0.2) is 4.98 Å². The molecule has 5 nitrogen and oxygen atoms in total. The first-order valence-corrected chi connectivity index (χ1v) is 12.7. The van der Waals surface area contributed by atoms with E-state index >= 15 is 0 Å². The second kappa shape index (κ2) is 8.50. The molecule has 2 saturated carbocycles. The van der Waals surface area contributed by atoms with Crippen LogP contribution in [0, 0.1) is 11.3 Å². The largest absolute Gasteiger partial charge is 0.430 e. The first kappa shape index (κ1) is 24.4. The van der Waals surface area contributed by atoms with Crippen molar-refractivity contribution in [3.8, 4) is 6.07 Å². The molecule has 0 spiro atoms. The van der Waals surface area contributed by atoms with E-state index in [4.69, 9.17) is 0 Å². The third-order valence-corrected chi connectivity index (χ3v) is 8.74. The van der Waals surface area contributed by atoms with Gasteiger partial charge in [0, 0.05) is 28.1 Å². The van der Waals surface area contributed by atoms with Crippen LogP contribution in [0.1, 0.15) is 67.1 Å². The highest BCUT2D eigenvalue weighted by molar-refractivity contribution is 14.1. The van der Waals surface area contributed by atoms with Crippen LogP contribution in [0.25, 0.3) is 0 Å². The first-order chi connectivity index (χ1) is 15.4. The number of hydrogen-bond acceptors (Lipinski definition) is 5. The second-order valence-corrected chi connectivity index (χ2v) is 11.4. The summed E-state index contributed by atoms with van der Waals surface area (Å²) in [6.07, 6.45) is -0.606. The molecular formula is C23H23F3IN3O2S. The van der Waals surface area contributed by atoms with Gasteiger partial charge in [0.2, 0.25) is 3.61 Å². The Hall–Kier alpha value is -1.71. The minimum atomic E-state index is -4.83. The Bertz CT molecular complexity index is 1050. The number of carbonyl (C=O) groups excluding carboxylic acids is 1. The van der Waals surface area contributed by atoms with Gasteiger partial charge in [0.15, 0.2) is 0 Å². The van der Waals surface area contributed by atoms with Crippen molar-refractivity contribution in [2.45, 2.75) is 72.2 Å². The highest BCUT2D eigenvalue weighted by Crippen LogP contribution is 2.48. The van der Waals surface area contributed by atoms with E-state index in [2.05, 4.69) is 11.1 Å². The van der Waals surface area contributed by atoms with Gasteiger partial charge in [-0.3, -0.25) is 4.79 Å². The molecule has 2 aromatic rings. The van der Waals surface area contributed by atoms with Crippen LogP contribution in [0.4, 0.5) is 13.2 Å². The van der Waals surface area contributed by atoms with Gasteiger partial charge >= 0.3 is 6.18 Å². The smallest absolute Gasteiger partial charge is 0.368 e. The van der Waals surface area contributed by atoms with Gasteiger partial charge in [0.05, 0.1) is 17.3 Å². The summed E-state index contributed by atoms with van der Waals surface area (Å²) in [6.45, 7) is 2.03. The first-order valence-electron chi connectivity index (χ1n) is 10.7. The van der Waals surface area contributed by atoms with Crippen LogP contribution in [0.15, 0.2) is 35.2 Å². The predicted octanol–water partition coefficient (Wildman–Crippen LogP) is 5.68. The quantitative estimate of drug-likeness (QED) is 0.360. The van der Waals surface area contributed by atoms with Gasteiger partial charge in [0.25, 0.3) is 5.91 Å². The number of alkyl halides is 4. The molecule has 0 aliphatic heterocycles. The van der Waals surface area contributed by atoms with E-state index in [0.29, 0.717) is 25.7 Å². The van der Waals surface area contributed by atoms with Crippen molar-refractivity contribution in [3.05, 3.63) is 52.0 Å². The molecule has 1 amide bonds. The SMILES string of the molecule is CC1(N(C(=O)c2ccc([C@@](O)(I)C(F)(F)F)cc2)C2CC2)CCC(C#N)(c2cscn2)CC1. The van der Waals surface area contributed by atoms with Gasteiger partial charge in [-0.15, -0.1) is 11.3 Å². The summed E-state index contributed by atoms with van der Waals surface area (Å²) >= 11 is 2.42. The Morgan fingerprint density at radius 2 is 1.85 bits per heavy atom. The number of thiazole rings is 1. The molecule has 0 saturated heterocycles. The van der Waals surface area contributed by atoms with Crippen molar-refractivity contribution in [2.24, 2.45) is 0 Å². The lowest BCUT2D eigenvalue weighted by molar-refractivity contribution is -0.216. The van der Waals surface area contributed by atoms with E-state index in [0.717, 1.165) is 53.3 Å². The van der Waals surface area contributed by atoms with Crippen molar-refractivity contribution >= 4 is 39.8 Å². The molecule has 1 atom stereocenters. The normalized spacial score (nSPS) is 27.4. The Morgan fingerprint density at radius 3 is 2.30 bits per heavy atom. The Labute approximate surface area is 207 Å². The number of rotatable bonds is 5. The van der Waals surface area contributed by atoms with Crippen molar-refractivity contribution in [1.29, 1.82) is 5.26 Å². The Morgan fingerprint density at radius 1 is 1.24 bits per heavy atom. The summed E-state index contributed by atoms with van der Waals surface area (Å²) in [4.78, 5) is 19.8. The monoisotopic (exact) mass is 589 g/mol. The molecule has 1 aromatic carbocycles. The molecule has 176 valence electrons. The molecule has 2 aliphatic carbocycles. The fraction of sp³-hybridized carbons (Fsp3) is 0.522. The number of nitriles is 1. The standard InChI is InChI=1S/C23H23F3IN3O2S/c1-20(8-10-21(13-28,11-9-20)18-12-33-14-29-18)30(17-6-7-17)19(31)15-2-4-16(5-3-15)22(27,32)23(24,25)26/h2-5,12,14,17,32H,6-11H2,1H3/t20?,21?,22-/m0/s1. The summed E-state index contributed by atoms with van der Waals surface area (Å²) in [5.41, 5.74) is 1.37. The fourth-order valence-corrected chi connectivity index (χ4v) is 5.66. The highest BCUT2D eigenvalue weighted by Gasteiger charge is 2.53. The lowest BCUT2D eigenvalue weighted by Gasteiger charge is -2.48. The summed E-state index contributed by atoms with van der Waals surface area (Å²) in [7, 11) is 0. The number of amides is 1. The molecule has 4 rings (SSSR count). The molecule has 33 heavy (non-hydrogen) atoms. The van der Waals surface area contributed by atoms with Crippen LogP contribution < -0.4 is 0 Å². The predicted molar refractivity (Wildman–Crippen MR) is 126 cm³/mol. The van der Waals surface area contributed by atoms with Crippen LogP contribution in [-0.4, -0.2) is 38.7 Å². The van der Waals surface area contributed by atoms with Gasteiger partial charge in [-0.2, -0.15) is 18.4 Å². The van der Waals surface area contributed by atoms with Crippen LogP contribution in [-0.2, 0) is 9.02 Å². The number of aliphatic hydroxyl groups is 1. The number of halogens is 4. The van der Waals surface area contributed by atoms with Gasteiger partial charge in [-0.1, -0.05) is 12.1 Å². The summed E-state index contributed by atoms with van der Waals surface area (Å²) in [5.74, 6) is -0.228. The number of aromatic nitrogens is 1. The summed E-state index contributed by atoms with van der Waals surface area (Å²) in [6, 6.07) is 7.57. The summed E-state index contributed by atoms with van der Waals surface area (Å²) < 4.78 is 36.4. The third kappa shape index (κ3) is 4.39. The number of carbonyl (C=O) groups is 1. The number of hydrogen-bond donors (Lipinski definition) is 1. The van der Waals surface area contributed by atoms with E-state index in [1.54, 1.807) is 5.51 Å². The van der Waals surface area contributed by atoms with Crippen LogP contribution in [0.2, 0.25) is 0 Å². The number of nitrogens with zero attached hydrogens (tertiary/aromatic N) is 3. The van der Waals surface area contributed by atoms with E-state index in [1.807, 2.05) is 17.2 Å². The second-order valence-electron chi connectivity index (χ2n) is 9.17. The molecule has 2 aliphatic rings. The lowest BCUT2D eigenvalue weighted by Crippen LogP contribution is -2.54.